The van der Waals surface area contributed by atoms with Gasteiger partial charge in [0, 0.05) is 6.54 Å². The van der Waals surface area contributed by atoms with Gasteiger partial charge in [0.1, 0.15) is 0 Å². The van der Waals surface area contributed by atoms with Gasteiger partial charge in [-0.15, -0.1) is 0 Å². The van der Waals surface area contributed by atoms with Crippen LogP contribution in [0.15, 0.2) is 48.6 Å². The van der Waals surface area contributed by atoms with Gasteiger partial charge < -0.3 is 26.2 Å². The second kappa shape index (κ2) is 32.0. The monoisotopic (exact) mass is 670 g/mol. The maximum Gasteiger partial charge on any atom is 0.472 e. The van der Waals surface area contributed by atoms with Crippen LogP contribution in [0.2, 0.25) is 0 Å². The van der Waals surface area contributed by atoms with Gasteiger partial charge >= 0.3 is 7.82 Å². The average molecular weight is 671 g/mol. The molecule has 0 aromatic rings. The third-order valence-electron chi connectivity index (χ3n) is 7.41. The number of aliphatic hydroxyl groups excluding tert-OH is 2. The molecule has 0 radical (unpaired) electrons. The van der Waals surface area contributed by atoms with Gasteiger partial charge in [-0.25, -0.2) is 4.57 Å². The van der Waals surface area contributed by atoms with Gasteiger partial charge in [-0.2, -0.15) is 0 Å². The molecule has 0 aliphatic rings. The third-order valence-corrected chi connectivity index (χ3v) is 8.39. The third kappa shape index (κ3) is 29.8. The molecule has 0 aromatic carbocycles. The van der Waals surface area contributed by atoms with E-state index in [0.717, 1.165) is 57.8 Å². The van der Waals surface area contributed by atoms with Crippen molar-refractivity contribution in [1.29, 1.82) is 0 Å². The van der Waals surface area contributed by atoms with Gasteiger partial charge in [-0.05, 0) is 70.6 Å². The van der Waals surface area contributed by atoms with Crippen molar-refractivity contribution in [2.24, 2.45) is 5.73 Å². The molecule has 0 heterocycles. The molecule has 0 bridgehead atoms. The van der Waals surface area contributed by atoms with E-state index in [2.05, 4.69) is 55.6 Å². The minimum atomic E-state index is -4.40. The van der Waals surface area contributed by atoms with Crippen molar-refractivity contribution in [3.8, 4) is 0 Å². The summed E-state index contributed by atoms with van der Waals surface area (Å²) in [6.07, 6.45) is 33.4. The lowest BCUT2D eigenvalue weighted by Gasteiger charge is -2.24. The van der Waals surface area contributed by atoms with Crippen LogP contribution < -0.4 is 11.1 Å². The first-order chi connectivity index (χ1) is 22.3. The zero-order valence-corrected chi connectivity index (χ0v) is 29.8. The highest BCUT2D eigenvalue weighted by Crippen LogP contribution is 2.43. The predicted molar refractivity (Wildman–Crippen MR) is 190 cm³/mol. The van der Waals surface area contributed by atoms with E-state index in [9.17, 15) is 24.5 Å². The number of aliphatic hydroxyl groups is 2. The van der Waals surface area contributed by atoms with Crippen molar-refractivity contribution >= 4 is 13.7 Å². The number of nitrogens with one attached hydrogen (secondary N) is 1. The van der Waals surface area contributed by atoms with Crippen molar-refractivity contribution in [2.45, 2.75) is 154 Å². The molecule has 10 heteroatoms. The van der Waals surface area contributed by atoms with E-state index in [0.29, 0.717) is 12.8 Å². The number of rotatable bonds is 32. The Labute approximate surface area is 280 Å². The Morgan fingerprint density at radius 2 is 1.24 bits per heavy atom. The first-order valence-corrected chi connectivity index (χ1v) is 19.3. The number of unbranched alkanes of at least 4 members (excludes halogenated alkanes) is 12. The molecular weight excluding hydrogens is 603 g/mol. The topological polar surface area (TPSA) is 151 Å². The number of carbonyl (C=O) groups is 1. The summed E-state index contributed by atoms with van der Waals surface area (Å²) in [6, 6.07) is -1.01. The Morgan fingerprint density at radius 1 is 0.739 bits per heavy atom. The van der Waals surface area contributed by atoms with Crippen LogP contribution in [-0.2, 0) is 18.4 Å². The molecule has 0 aromatic heterocycles. The highest BCUT2D eigenvalue weighted by atomic mass is 31.2. The molecule has 4 unspecified atom stereocenters. The van der Waals surface area contributed by atoms with Crippen LogP contribution in [0, 0.1) is 0 Å². The summed E-state index contributed by atoms with van der Waals surface area (Å²) in [6.45, 7) is 3.84. The summed E-state index contributed by atoms with van der Waals surface area (Å²) >= 11 is 0. The maximum absolute atomic E-state index is 12.7. The summed E-state index contributed by atoms with van der Waals surface area (Å²) in [5.41, 5.74) is 5.33. The van der Waals surface area contributed by atoms with Crippen molar-refractivity contribution < 1.29 is 33.5 Å². The second-order valence-corrected chi connectivity index (χ2v) is 13.3. The average Bonchev–Trinajstić information content (AvgIpc) is 3.03. The molecule has 0 aliphatic heterocycles. The molecule has 268 valence electrons. The van der Waals surface area contributed by atoms with Crippen LogP contribution in [0.3, 0.4) is 0 Å². The number of amides is 1. The number of allylic oxidation sites excluding steroid dienone is 7. The van der Waals surface area contributed by atoms with E-state index in [1.807, 2.05) is 6.08 Å². The number of hydrogen-bond acceptors (Lipinski definition) is 7. The lowest BCUT2D eigenvalue weighted by molar-refractivity contribution is -0.124. The zero-order valence-electron chi connectivity index (χ0n) is 28.9. The van der Waals surface area contributed by atoms with Crippen LogP contribution in [0.25, 0.3) is 0 Å². The summed E-state index contributed by atoms with van der Waals surface area (Å²) in [5.74, 6) is -0.475. The minimum Gasteiger partial charge on any atom is -0.393 e. The van der Waals surface area contributed by atoms with E-state index in [1.165, 1.54) is 44.9 Å². The molecule has 1 amide bonds. The highest BCUT2D eigenvalue weighted by molar-refractivity contribution is 7.47. The number of carbonyl (C=O) groups excluding carboxylic acids is 1. The van der Waals surface area contributed by atoms with E-state index in [4.69, 9.17) is 14.8 Å². The summed E-state index contributed by atoms with van der Waals surface area (Å²) in [4.78, 5) is 22.6. The van der Waals surface area contributed by atoms with Crippen LogP contribution in [0.5, 0.6) is 0 Å². The Balaban J connectivity index is 4.62. The molecule has 0 fully saturated rings. The first-order valence-electron chi connectivity index (χ1n) is 17.8. The predicted octanol–water partition coefficient (Wildman–Crippen LogP) is 7.96. The fourth-order valence-electron chi connectivity index (χ4n) is 4.67. The fraction of sp³-hybridized carbons (Fsp3) is 0.750. The minimum absolute atomic E-state index is 0.0390. The van der Waals surface area contributed by atoms with Crippen LogP contribution in [-0.4, -0.2) is 59.0 Å². The second-order valence-electron chi connectivity index (χ2n) is 11.9. The van der Waals surface area contributed by atoms with E-state index >= 15 is 0 Å². The van der Waals surface area contributed by atoms with E-state index in [1.54, 1.807) is 6.08 Å². The van der Waals surface area contributed by atoms with Gasteiger partial charge in [0.25, 0.3) is 0 Å². The van der Waals surface area contributed by atoms with Crippen molar-refractivity contribution in [1.82, 2.24) is 5.32 Å². The van der Waals surface area contributed by atoms with Crippen molar-refractivity contribution in [3.05, 3.63) is 48.6 Å². The van der Waals surface area contributed by atoms with Crippen LogP contribution in [0.1, 0.15) is 136 Å². The van der Waals surface area contributed by atoms with E-state index < -0.39 is 38.6 Å². The van der Waals surface area contributed by atoms with Gasteiger partial charge in [0.2, 0.25) is 5.91 Å². The summed E-state index contributed by atoms with van der Waals surface area (Å²) in [7, 11) is -4.40. The Bertz CT molecular complexity index is 878. The van der Waals surface area contributed by atoms with Gasteiger partial charge in [0.15, 0.2) is 0 Å². The maximum atomic E-state index is 12.7. The summed E-state index contributed by atoms with van der Waals surface area (Å²) < 4.78 is 21.9. The molecule has 0 rings (SSSR count). The molecule has 46 heavy (non-hydrogen) atoms. The standard InChI is InChI=1S/C36H67N2O7P/c1-3-5-7-9-11-13-15-16-17-18-20-22-24-26-28-35(40)34(32-45-46(42,43)44-30-29-37)38-36(41)31-33(39)27-25-23-21-19-14-12-10-8-6-4-2/h12-15,18,20,26,28,33-35,39-40H,3-11,16-17,19,21-25,27,29-32,37H2,1-2H3,(H,38,41)(H,42,43)/b14-12-,15-13+,20-18+,28-26+. The van der Waals surface area contributed by atoms with E-state index in [-0.39, 0.29) is 19.6 Å². The Kier molecular flexibility index (Phi) is 30.9. The zero-order chi connectivity index (χ0) is 34.1. The number of phosphoric ester groups is 1. The SMILES string of the molecule is CCCCC/C=C\CCCCCC(O)CC(=O)NC(COP(=O)(O)OCCN)C(O)/C=C/CC/C=C/CC/C=C/CCCCCC. The molecule has 4 atom stereocenters. The van der Waals surface area contributed by atoms with Crippen LogP contribution in [0.4, 0.5) is 0 Å². The summed E-state index contributed by atoms with van der Waals surface area (Å²) in [5, 5.41) is 23.8. The molecule has 0 aliphatic carbocycles. The molecule has 0 spiro atoms. The van der Waals surface area contributed by atoms with Gasteiger partial charge in [-0.3, -0.25) is 13.8 Å². The molecule has 0 saturated carbocycles. The first kappa shape index (κ1) is 44.4. The normalized spacial score (nSPS) is 15.7. The van der Waals surface area contributed by atoms with Gasteiger partial charge in [-0.1, -0.05) is 107 Å². The lowest BCUT2D eigenvalue weighted by atomic mass is 10.1. The molecule has 6 N–H and O–H groups in total. The smallest absolute Gasteiger partial charge is 0.393 e. The number of hydrogen-bond donors (Lipinski definition) is 5. The fourth-order valence-corrected chi connectivity index (χ4v) is 5.43. The molecule has 0 saturated heterocycles. The quantitative estimate of drug-likeness (QED) is 0.0275. The lowest BCUT2D eigenvalue weighted by Crippen LogP contribution is -2.46. The number of phosphoric acid groups is 1. The number of nitrogens with two attached hydrogens (primary N) is 1. The largest absolute Gasteiger partial charge is 0.472 e. The Morgan fingerprint density at radius 3 is 1.80 bits per heavy atom. The van der Waals surface area contributed by atoms with Crippen molar-refractivity contribution in [3.63, 3.8) is 0 Å². The molecular formula is C36H67N2O7P. The Hall–Kier alpha value is -1.58. The van der Waals surface area contributed by atoms with Crippen LogP contribution >= 0.6 is 7.82 Å². The van der Waals surface area contributed by atoms with Gasteiger partial charge in [0.05, 0.1) is 37.9 Å². The molecule has 9 nitrogen and oxygen atoms in total. The highest BCUT2D eigenvalue weighted by Gasteiger charge is 2.27. The van der Waals surface area contributed by atoms with Crippen molar-refractivity contribution in [2.75, 3.05) is 19.8 Å².